The lowest BCUT2D eigenvalue weighted by Crippen LogP contribution is -2.44. The Hall–Kier alpha value is -2.50. The molecule has 0 saturated carbocycles. The first-order valence-electron chi connectivity index (χ1n) is 8.78. The van der Waals surface area contributed by atoms with Gasteiger partial charge in [-0.05, 0) is 43.5 Å². The van der Waals surface area contributed by atoms with Crippen molar-refractivity contribution in [1.82, 2.24) is 14.0 Å². The van der Waals surface area contributed by atoms with Crippen molar-refractivity contribution in [1.29, 1.82) is 0 Å². The number of aromatic nitrogens is 2. The van der Waals surface area contributed by atoms with Gasteiger partial charge in [-0.15, -0.1) is 0 Å². The zero-order chi connectivity index (χ0) is 17.8. The smallest absolute Gasteiger partial charge is 0.354 e. The minimum Gasteiger partial charge on any atom is -0.461 e. The summed E-state index contributed by atoms with van der Waals surface area (Å²) in [5, 5.41) is 0. The van der Waals surface area contributed by atoms with Crippen molar-refractivity contribution in [2.45, 2.75) is 31.7 Å². The molecule has 0 unspecified atom stereocenters. The van der Waals surface area contributed by atoms with Gasteiger partial charge in [0.25, 0.3) is 5.91 Å². The maximum Gasteiger partial charge on any atom is 0.354 e. The van der Waals surface area contributed by atoms with Gasteiger partial charge in [-0.2, -0.15) is 0 Å². The van der Waals surface area contributed by atoms with Crippen molar-refractivity contribution in [3.8, 4) is 0 Å². The fourth-order valence-electron chi connectivity index (χ4n) is 3.43. The summed E-state index contributed by atoms with van der Waals surface area (Å²) in [6, 6.07) is 7.42. The summed E-state index contributed by atoms with van der Waals surface area (Å²) < 4.78 is 9.00. The van der Waals surface area contributed by atoms with Crippen LogP contribution in [0, 0.1) is 0 Å². The highest BCUT2D eigenvalue weighted by atomic mass is 16.5. The average molecular weight is 343 g/mol. The highest BCUT2D eigenvalue weighted by molar-refractivity contribution is 5.93. The summed E-state index contributed by atoms with van der Waals surface area (Å²) >= 11 is 0. The Morgan fingerprint density at radius 1 is 1.08 bits per heavy atom. The highest BCUT2D eigenvalue weighted by Gasteiger charge is 2.28. The average Bonchev–Trinajstić information content (AvgIpc) is 3.23. The fraction of sp³-hybridized carbons (Fsp3) is 0.474. The molecule has 0 N–H and O–H groups in total. The van der Waals surface area contributed by atoms with Gasteiger partial charge in [-0.1, -0.05) is 0 Å². The molecule has 1 fully saturated rings. The second-order valence-electron chi connectivity index (χ2n) is 6.58. The third-order valence-corrected chi connectivity index (χ3v) is 4.89. The lowest BCUT2D eigenvalue weighted by atomic mass is 9.99. The largest absolute Gasteiger partial charge is 0.461 e. The van der Waals surface area contributed by atoms with Crippen molar-refractivity contribution < 1.29 is 14.3 Å². The van der Waals surface area contributed by atoms with E-state index >= 15 is 0 Å². The fourth-order valence-corrected chi connectivity index (χ4v) is 3.43. The Bertz CT molecular complexity index is 747. The molecule has 1 aliphatic heterocycles. The third-order valence-electron chi connectivity index (χ3n) is 4.89. The zero-order valence-corrected chi connectivity index (χ0v) is 14.9. The normalized spacial score (nSPS) is 17.5. The van der Waals surface area contributed by atoms with Crippen molar-refractivity contribution in [2.75, 3.05) is 13.2 Å². The maximum absolute atomic E-state index is 12.8. The first-order valence-corrected chi connectivity index (χ1v) is 8.78. The molecule has 6 nitrogen and oxygen atoms in total. The van der Waals surface area contributed by atoms with E-state index in [0.29, 0.717) is 24.4 Å². The summed E-state index contributed by atoms with van der Waals surface area (Å²) in [6.07, 6.45) is 7.46. The van der Waals surface area contributed by atoms with Gasteiger partial charge in [0, 0.05) is 45.5 Å². The van der Waals surface area contributed by atoms with E-state index in [1.54, 1.807) is 10.6 Å². The number of likely N-dealkylation sites (tertiary alicyclic amines) is 1. The third kappa shape index (κ3) is 3.78. The number of hydrogen-bond donors (Lipinski definition) is 0. The second kappa shape index (κ2) is 7.59. The molecule has 3 rings (SSSR count). The van der Waals surface area contributed by atoms with Crippen LogP contribution in [0.4, 0.5) is 0 Å². The van der Waals surface area contributed by atoms with Crippen LogP contribution in [0.3, 0.4) is 0 Å². The summed E-state index contributed by atoms with van der Waals surface area (Å²) in [5.74, 6) is -0.255. The van der Waals surface area contributed by atoms with Gasteiger partial charge >= 0.3 is 5.97 Å². The Balaban J connectivity index is 1.58. The van der Waals surface area contributed by atoms with Crippen LogP contribution in [0.25, 0.3) is 0 Å². The summed E-state index contributed by atoms with van der Waals surface area (Å²) in [6.45, 7) is 1.09. The Morgan fingerprint density at radius 3 is 2.40 bits per heavy atom. The van der Waals surface area contributed by atoms with E-state index in [4.69, 9.17) is 4.74 Å². The number of hydrogen-bond acceptors (Lipinski definition) is 3. The number of carbonyl (C=O) groups is 2. The highest BCUT2D eigenvalue weighted by Crippen LogP contribution is 2.22. The van der Waals surface area contributed by atoms with Gasteiger partial charge in [0.2, 0.25) is 0 Å². The standard InChI is InChI=1S/C19H25N3O3/c1-20-11-5-8-16(20)18(23)22-13-4-3-7-15(22)10-14-25-19(24)17-9-6-12-21(17)2/h5-6,8-9,11-12,15H,3-4,7,10,13-14H2,1-2H3/t15-/m1/s1. The van der Waals surface area contributed by atoms with Gasteiger partial charge in [0.15, 0.2) is 0 Å². The van der Waals surface area contributed by atoms with Crippen LogP contribution >= 0.6 is 0 Å². The van der Waals surface area contributed by atoms with Gasteiger partial charge < -0.3 is 18.8 Å². The van der Waals surface area contributed by atoms with Crippen LogP contribution < -0.4 is 0 Å². The number of ether oxygens (including phenoxy) is 1. The van der Waals surface area contributed by atoms with E-state index in [1.165, 1.54) is 0 Å². The maximum atomic E-state index is 12.8. The molecule has 6 heteroatoms. The van der Waals surface area contributed by atoms with E-state index in [-0.39, 0.29) is 17.9 Å². The van der Waals surface area contributed by atoms with E-state index in [9.17, 15) is 9.59 Å². The molecule has 1 atom stereocenters. The topological polar surface area (TPSA) is 56.5 Å². The van der Waals surface area contributed by atoms with Crippen molar-refractivity contribution in [3.05, 3.63) is 48.0 Å². The van der Waals surface area contributed by atoms with Crippen LogP contribution in [0.1, 0.15) is 46.7 Å². The van der Waals surface area contributed by atoms with Gasteiger partial charge in [-0.25, -0.2) is 4.79 Å². The summed E-state index contributed by atoms with van der Waals surface area (Å²) in [7, 11) is 3.70. The number of nitrogens with zero attached hydrogens (tertiary/aromatic N) is 3. The molecule has 0 bridgehead atoms. The number of esters is 1. The molecule has 3 heterocycles. The van der Waals surface area contributed by atoms with Crippen LogP contribution in [0.2, 0.25) is 0 Å². The van der Waals surface area contributed by atoms with Crippen molar-refractivity contribution in [2.24, 2.45) is 14.1 Å². The Kier molecular flexibility index (Phi) is 5.26. The predicted octanol–water partition coefficient (Wildman–Crippen LogP) is 2.61. The molecule has 25 heavy (non-hydrogen) atoms. The van der Waals surface area contributed by atoms with E-state index in [1.807, 2.05) is 54.2 Å². The SMILES string of the molecule is Cn1cccc1C(=O)OCC[C@H]1CCCCN1C(=O)c1cccn1C. The first kappa shape index (κ1) is 17.3. The molecule has 2 aromatic heterocycles. The second-order valence-corrected chi connectivity index (χ2v) is 6.58. The van der Waals surface area contributed by atoms with Crippen LogP contribution in [0.5, 0.6) is 0 Å². The minimum absolute atomic E-state index is 0.0611. The van der Waals surface area contributed by atoms with Gasteiger partial charge in [0.05, 0.1) is 6.61 Å². The van der Waals surface area contributed by atoms with Gasteiger partial charge in [0.1, 0.15) is 11.4 Å². The summed E-state index contributed by atoms with van der Waals surface area (Å²) in [4.78, 5) is 26.8. The molecule has 2 aromatic rings. The minimum atomic E-state index is -0.316. The Morgan fingerprint density at radius 2 is 1.76 bits per heavy atom. The molecule has 1 saturated heterocycles. The molecule has 1 amide bonds. The van der Waals surface area contributed by atoms with Gasteiger partial charge in [-0.3, -0.25) is 4.79 Å². The summed E-state index contributed by atoms with van der Waals surface area (Å²) in [5.41, 5.74) is 1.24. The van der Waals surface area contributed by atoms with E-state index in [2.05, 4.69) is 0 Å². The molecule has 134 valence electrons. The first-order chi connectivity index (χ1) is 12.1. The quantitative estimate of drug-likeness (QED) is 0.784. The molecule has 0 radical (unpaired) electrons. The molecule has 1 aliphatic rings. The zero-order valence-electron chi connectivity index (χ0n) is 14.9. The van der Waals surface area contributed by atoms with Crippen molar-refractivity contribution >= 4 is 11.9 Å². The predicted molar refractivity (Wildman–Crippen MR) is 94.4 cm³/mol. The lowest BCUT2D eigenvalue weighted by Gasteiger charge is -2.35. The number of aryl methyl sites for hydroxylation is 2. The van der Waals surface area contributed by atoms with Crippen LogP contribution in [-0.4, -0.2) is 45.1 Å². The van der Waals surface area contributed by atoms with Crippen molar-refractivity contribution in [3.63, 3.8) is 0 Å². The molecular weight excluding hydrogens is 318 g/mol. The molecule has 0 aliphatic carbocycles. The molecular formula is C19H25N3O3. The lowest BCUT2D eigenvalue weighted by molar-refractivity contribution is 0.0398. The van der Waals surface area contributed by atoms with Crippen LogP contribution in [-0.2, 0) is 18.8 Å². The van der Waals surface area contributed by atoms with Crippen LogP contribution in [0.15, 0.2) is 36.7 Å². The molecule has 0 spiro atoms. The van der Waals surface area contributed by atoms with E-state index < -0.39 is 0 Å². The number of amides is 1. The monoisotopic (exact) mass is 343 g/mol. The number of piperidine rings is 1. The Labute approximate surface area is 148 Å². The van der Waals surface area contributed by atoms with E-state index in [0.717, 1.165) is 25.8 Å². The molecule has 0 aromatic carbocycles. The number of rotatable bonds is 5. The number of carbonyl (C=O) groups excluding carboxylic acids is 2.